The lowest BCUT2D eigenvalue weighted by Crippen LogP contribution is -2.68. The van der Waals surface area contributed by atoms with E-state index in [1.165, 1.54) is 28.4 Å². The quantitative estimate of drug-likeness (QED) is 0.382. The van der Waals surface area contributed by atoms with Crippen LogP contribution in [0.4, 0.5) is 4.79 Å². The van der Waals surface area contributed by atoms with Crippen LogP contribution in [0.25, 0.3) is 10.7 Å². The number of carboxylic acid groups (broad SMARTS) is 1. The maximum atomic E-state index is 12.0. The van der Waals surface area contributed by atoms with Gasteiger partial charge in [-0.25, -0.2) is 9.78 Å². The number of carbonyl (C=O) groups excluding carboxylic acids is 1. The van der Waals surface area contributed by atoms with Crippen molar-refractivity contribution >= 4 is 46.9 Å². The maximum Gasteiger partial charge on any atom is 0.512 e. The zero-order valence-corrected chi connectivity index (χ0v) is 15.6. The minimum absolute atomic E-state index is 0.0643. The van der Waals surface area contributed by atoms with Gasteiger partial charge in [-0.1, -0.05) is 17.8 Å². The highest BCUT2D eigenvalue weighted by Gasteiger charge is 2.51. The van der Waals surface area contributed by atoms with Gasteiger partial charge < -0.3 is 15.6 Å². The molecule has 136 valence electrons. The van der Waals surface area contributed by atoms with Gasteiger partial charge in [-0.15, -0.1) is 28.2 Å². The molecule has 2 aromatic heterocycles. The summed E-state index contributed by atoms with van der Waals surface area (Å²) in [4.78, 5) is 29.7. The van der Waals surface area contributed by atoms with Crippen molar-refractivity contribution in [2.24, 2.45) is 5.73 Å². The summed E-state index contributed by atoms with van der Waals surface area (Å²) in [6, 6.07) is 3.25. The smallest absolute Gasteiger partial charge is 0.449 e. The minimum Gasteiger partial charge on any atom is -0.449 e. The predicted octanol–water partition coefficient (Wildman–Crippen LogP) is 1.77. The van der Waals surface area contributed by atoms with E-state index in [1.807, 2.05) is 17.5 Å². The lowest BCUT2D eigenvalue weighted by molar-refractivity contribution is -0.144. The first-order valence-corrected chi connectivity index (χ1v) is 10.4. The van der Waals surface area contributed by atoms with Crippen molar-refractivity contribution in [1.29, 1.82) is 0 Å². The van der Waals surface area contributed by atoms with E-state index in [0.717, 1.165) is 4.88 Å². The van der Waals surface area contributed by atoms with Gasteiger partial charge in [-0.05, 0) is 11.4 Å². The van der Waals surface area contributed by atoms with E-state index < -0.39 is 12.2 Å². The summed E-state index contributed by atoms with van der Waals surface area (Å²) in [5.41, 5.74) is 6.46. The molecule has 2 aromatic rings. The molecule has 2 aliphatic rings. The second kappa shape index (κ2) is 6.95. The lowest BCUT2D eigenvalue weighted by atomic mass is 10.1. The van der Waals surface area contributed by atoms with Gasteiger partial charge in [0.05, 0.1) is 4.88 Å². The average molecular weight is 411 g/mol. The van der Waals surface area contributed by atoms with Crippen LogP contribution in [0, 0.1) is 0 Å². The number of β-lactam (4-membered cyclic amide) rings is 1. The lowest BCUT2D eigenvalue weighted by Gasteiger charge is -2.47. The van der Waals surface area contributed by atoms with E-state index in [1.54, 1.807) is 11.3 Å². The van der Waals surface area contributed by atoms with Crippen molar-refractivity contribution in [2.45, 2.75) is 16.6 Å². The third-order valence-electron chi connectivity index (χ3n) is 3.81. The highest BCUT2D eigenvalue weighted by Crippen LogP contribution is 2.41. The monoisotopic (exact) mass is 411 g/mol. The molecular formula is C14H13N5O4S3. The molecule has 1 saturated heterocycles. The van der Waals surface area contributed by atoms with Gasteiger partial charge in [0.1, 0.15) is 11.4 Å². The highest BCUT2D eigenvalue weighted by molar-refractivity contribution is 8.01. The summed E-state index contributed by atoms with van der Waals surface area (Å²) in [6.07, 6.45) is -1.46. The van der Waals surface area contributed by atoms with Gasteiger partial charge in [-0.2, -0.15) is 0 Å². The zero-order chi connectivity index (χ0) is 18.3. The fourth-order valence-corrected chi connectivity index (χ4v) is 5.45. The standard InChI is InChI=1S/C14H13N5O4S3/c15-8-10(20)19-11(23-14(21)22)6(4-25-12(8)19)5-26-13-16-9(17-18-13)7-2-1-3-24-7/h1-3,8,12H,4-5,15H2,(H,21,22)(H,16,17,18)/t8?,12-/m0/s1. The number of carbonyl (C=O) groups is 2. The van der Waals surface area contributed by atoms with Gasteiger partial charge in [-0.3, -0.25) is 14.8 Å². The first-order valence-electron chi connectivity index (χ1n) is 7.46. The normalized spacial score (nSPS) is 22.2. The molecule has 0 bridgehead atoms. The summed E-state index contributed by atoms with van der Waals surface area (Å²) in [7, 11) is 0. The number of nitrogens with zero attached hydrogens (tertiary/aromatic N) is 3. The number of hydrogen-bond acceptors (Lipinski definition) is 9. The topological polar surface area (TPSA) is 134 Å². The molecule has 4 rings (SSSR count). The number of ether oxygens (including phenoxy) is 1. The van der Waals surface area contributed by atoms with Crippen molar-refractivity contribution in [1.82, 2.24) is 20.1 Å². The molecule has 2 atom stereocenters. The van der Waals surface area contributed by atoms with Gasteiger partial charge in [0, 0.05) is 17.1 Å². The molecule has 2 aliphatic heterocycles. The Morgan fingerprint density at radius 2 is 2.42 bits per heavy atom. The second-order valence-electron chi connectivity index (χ2n) is 5.44. The van der Waals surface area contributed by atoms with Crippen LogP contribution in [-0.2, 0) is 9.53 Å². The van der Waals surface area contributed by atoms with E-state index in [9.17, 15) is 9.59 Å². The van der Waals surface area contributed by atoms with E-state index in [2.05, 4.69) is 15.2 Å². The summed E-state index contributed by atoms with van der Waals surface area (Å²) >= 11 is 4.39. The molecule has 26 heavy (non-hydrogen) atoms. The molecule has 4 heterocycles. The Hall–Kier alpha value is -2.02. The molecule has 0 aliphatic carbocycles. The van der Waals surface area contributed by atoms with Crippen molar-refractivity contribution in [3.63, 3.8) is 0 Å². The molecule has 0 saturated carbocycles. The number of hydrogen-bond donors (Lipinski definition) is 3. The van der Waals surface area contributed by atoms with Gasteiger partial charge in [0.25, 0.3) is 0 Å². The number of nitrogens with two attached hydrogens (primary N) is 1. The molecule has 0 aromatic carbocycles. The van der Waals surface area contributed by atoms with Crippen LogP contribution >= 0.6 is 34.9 Å². The number of amides is 1. The molecule has 1 amide bonds. The van der Waals surface area contributed by atoms with Gasteiger partial charge in [0.2, 0.25) is 16.9 Å². The number of fused-ring (bicyclic) bond motifs is 1. The predicted molar refractivity (Wildman–Crippen MR) is 97.6 cm³/mol. The molecule has 0 radical (unpaired) electrons. The number of H-pyrrole nitrogens is 1. The number of nitrogens with one attached hydrogen (secondary N) is 1. The molecule has 0 spiro atoms. The van der Waals surface area contributed by atoms with Crippen LogP contribution in [0.5, 0.6) is 0 Å². The van der Waals surface area contributed by atoms with E-state index >= 15 is 0 Å². The fourth-order valence-electron chi connectivity index (χ4n) is 2.59. The minimum atomic E-state index is -1.46. The Labute approximate surface area is 160 Å². The Balaban J connectivity index is 1.51. The average Bonchev–Trinajstić information content (AvgIpc) is 3.30. The van der Waals surface area contributed by atoms with E-state index in [0.29, 0.717) is 28.1 Å². The summed E-state index contributed by atoms with van der Waals surface area (Å²) < 4.78 is 4.88. The summed E-state index contributed by atoms with van der Waals surface area (Å²) in [5.74, 6) is 1.34. The largest absolute Gasteiger partial charge is 0.512 e. The van der Waals surface area contributed by atoms with Crippen LogP contribution in [0.15, 0.2) is 34.1 Å². The van der Waals surface area contributed by atoms with Crippen molar-refractivity contribution in [3.05, 3.63) is 29.0 Å². The van der Waals surface area contributed by atoms with Crippen LogP contribution in [0.1, 0.15) is 0 Å². The van der Waals surface area contributed by atoms with Gasteiger partial charge in [0.15, 0.2) is 5.82 Å². The fraction of sp³-hybridized carbons (Fsp3) is 0.286. The summed E-state index contributed by atoms with van der Waals surface area (Å²) in [6.45, 7) is 0. The first-order chi connectivity index (χ1) is 12.5. The number of thioether (sulfide) groups is 2. The van der Waals surface area contributed by atoms with Crippen molar-refractivity contribution in [2.75, 3.05) is 11.5 Å². The Morgan fingerprint density at radius 1 is 1.58 bits per heavy atom. The van der Waals surface area contributed by atoms with Crippen LogP contribution in [0.3, 0.4) is 0 Å². The number of aromatic amines is 1. The number of aromatic nitrogens is 3. The molecule has 4 N–H and O–H groups in total. The third kappa shape index (κ3) is 3.09. The molecule has 1 fully saturated rings. The molecule has 12 heteroatoms. The zero-order valence-electron chi connectivity index (χ0n) is 13.1. The van der Waals surface area contributed by atoms with Crippen molar-refractivity contribution < 1.29 is 19.4 Å². The Morgan fingerprint density at radius 3 is 3.15 bits per heavy atom. The van der Waals surface area contributed by atoms with E-state index in [-0.39, 0.29) is 17.2 Å². The number of thiophene rings is 1. The summed E-state index contributed by atoms with van der Waals surface area (Å²) in [5, 5.41) is 18.2. The molecular weight excluding hydrogens is 398 g/mol. The van der Waals surface area contributed by atoms with E-state index in [4.69, 9.17) is 15.6 Å². The molecule has 9 nitrogen and oxygen atoms in total. The first kappa shape index (κ1) is 17.4. The Bertz CT molecular complexity index is 881. The van der Waals surface area contributed by atoms with Crippen molar-refractivity contribution in [3.8, 4) is 10.7 Å². The second-order valence-corrected chi connectivity index (χ2v) is 8.44. The Kier molecular flexibility index (Phi) is 4.65. The SMILES string of the molecule is NC1C(=O)N2C(OC(=O)O)=C(CSc3n[nH]c(-c4cccs4)n3)CS[C@@H]12. The third-order valence-corrected chi connectivity index (χ3v) is 6.98. The van der Waals surface area contributed by atoms with Crippen LogP contribution in [0.2, 0.25) is 0 Å². The number of rotatable bonds is 5. The van der Waals surface area contributed by atoms with Crippen LogP contribution < -0.4 is 5.73 Å². The highest BCUT2D eigenvalue weighted by atomic mass is 32.2. The maximum absolute atomic E-state index is 12.0. The van der Waals surface area contributed by atoms with Gasteiger partial charge >= 0.3 is 6.16 Å². The molecule has 1 unspecified atom stereocenters. The van der Waals surface area contributed by atoms with Crippen LogP contribution in [-0.4, -0.2) is 60.2 Å².